The van der Waals surface area contributed by atoms with Crippen LogP contribution in [-0.4, -0.2) is 17.6 Å². The molecule has 0 radical (unpaired) electrons. The molecule has 0 unspecified atom stereocenters. The molecule has 0 fully saturated rings. The number of fused-ring (bicyclic) bond motifs is 1. The molecule has 18 heavy (non-hydrogen) atoms. The van der Waals surface area contributed by atoms with E-state index in [0.29, 0.717) is 11.1 Å². The van der Waals surface area contributed by atoms with Crippen LogP contribution in [0.25, 0.3) is 10.9 Å². The minimum atomic E-state index is -0.380. The third-order valence-electron chi connectivity index (χ3n) is 2.92. The molecule has 0 N–H and O–H groups in total. The zero-order chi connectivity index (χ0) is 13.3. The van der Waals surface area contributed by atoms with Crippen LogP contribution in [0.5, 0.6) is 0 Å². The molecule has 1 aromatic heterocycles. The fourth-order valence-electron chi connectivity index (χ4n) is 2.02. The summed E-state index contributed by atoms with van der Waals surface area (Å²) in [5.41, 5.74) is 1.97. The summed E-state index contributed by atoms with van der Waals surface area (Å²) in [4.78, 5) is 11.7. The maximum Gasteiger partial charge on any atom is 0.340 e. The second-order valence-electron chi connectivity index (χ2n) is 4.38. The van der Waals surface area contributed by atoms with E-state index in [9.17, 15) is 4.79 Å². The minimum Gasteiger partial charge on any atom is -0.465 e. The molecule has 0 aliphatic carbocycles. The smallest absolute Gasteiger partial charge is 0.340 e. The van der Waals surface area contributed by atoms with Gasteiger partial charge in [-0.15, -0.1) is 0 Å². The number of carbonyl (C=O) groups is 1. The summed E-state index contributed by atoms with van der Waals surface area (Å²) in [6, 6.07) is 7.65. The highest BCUT2D eigenvalue weighted by Gasteiger charge is 2.17. The number of methoxy groups -OCH3 is 1. The molecule has 0 saturated carbocycles. The van der Waals surface area contributed by atoms with Gasteiger partial charge in [0.05, 0.1) is 24.3 Å². The van der Waals surface area contributed by atoms with Gasteiger partial charge < -0.3 is 9.30 Å². The van der Waals surface area contributed by atoms with E-state index in [2.05, 4.69) is 6.07 Å². The second-order valence-corrected chi connectivity index (χ2v) is 4.38. The molecule has 0 aliphatic heterocycles. The van der Waals surface area contributed by atoms with E-state index < -0.39 is 0 Å². The van der Waals surface area contributed by atoms with Gasteiger partial charge in [-0.05, 0) is 32.0 Å². The van der Waals surface area contributed by atoms with Gasteiger partial charge >= 0.3 is 5.97 Å². The van der Waals surface area contributed by atoms with Crippen molar-refractivity contribution in [3.8, 4) is 6.07 Å². The first kappa shape index (κ1) is 12.2. The monoisotopic (exact) mass is 242 g/mol. The van der Waals surface area contributed by atoms with Crippen LogP contribution in [0, 0.1) is 11.3 Å². The predicted molar refractivity (Wildman–Crippen MR) is 68.4 cm³/mol. The van der Waals surface area contributed by atoms with Crippen molar-refractivity contribution in [1.82, 2.24) is 4.57 Å². The Bertz CT molecular complexity index is 648. The van der Waals surface area contributed by atoms with Crippen molar-refractivity contribution in [2.75, 3.05) is 7.11 Å². The first-order valence-electron chi connectivity index (χ1n) is 5.71. The Morgan fingerprint density at radius 3 is 2.72 bits per heavy atom. The molecule has 0 spiro atoms. The van der Waals surface area contributed by atoms with Gasteiger partial charge in [-0.25, -0.2) is 4.79 Å². The molecule has 1 aromatic carbocycles. The maximum atomic E-state index is 11.7. The lowest BCUT2D eigenvalue weighted by Gasteiger charge is -2.08. The SMILES string of the molecule is COC(=O)c1cn(C(C)C)c2ccc(C#N)cc12. The Labute approximate surface area is 105 Å². The highest BCUT2D eigenvalue weighted by atomic mass is 16.5. The van der Waals surface area contributed by atoms with E-state index >= 15 is 0 Å². The summed E-state index contributed by atoms with van der Waals surface area (Å²) in [7, 11) is 1.36. The summed E-state index contributed by atoms with van der Waals surface area (Å²) < 4.78 is 6.78. The first-order valence-corrected chi connectivity index (χ1v) is 5.71. The van der Waals surface area contributed by atoms with E-state index in [-0.39, 0.29) is 12.0 Å². The predicted octanol–water partition coefficient (Wildman–Crippen LogP) is 2.88. The summed E-state index contributed by atoms with van der Waals surface area (Å²) >= 11 is 0. The maximum absolute atomic E-state index is 11.7. The van der Waals surface area contributed by atoms with Crippen molar-refractivity contribution < 1.29 is 9.53 Å². The van der Waals surface area contributed by atoms with Crippen molar-refractivity contribution in [2.45, 2.75) is 19.9 Å². The number of carbonyl (C=O) groups excluding carboxylic acids is 1. The zero-order valence-electron chi connectivity index (χ0n) is 10.6. The number of nitriles is 1. The molecule has 0 atom stereocenters. The molecule has 4 nitrogen and oxygen atoms in total. The van der Waals surface area contributed by atoms with Crippen LogP contribution < -0.4 is 0 Å². The number of esters is 1. The van der Waals surface area contributed by atoms with Crippen LogP contribution in [0.3, 0.4) is 0 Å². The highest BCUT2D eigenvalue weighted by Crippen LogP contribution is 2.26. The number of aromatic nitrogens is 1. The normalized spacial score (nSPS) is 10.6. The average molecular weight is 242 g/mol. The Balaban J connectivity index is 2.77. The fraction of sp³-hybridized carbons (Fsp3) is 0.286. The standard InChI is InChI=1S/C14H14N2O2/c1-9(2)16-8-12(14(17)18-3)11-6-10(7-15)4-5-13(11)16/h4-6,8-9H,1-3H3. The van der Waals surface area contributed by atoms with E-state index in [4.69, 9.17) is 10.00 Å². The molecule has 0 saturated heterocycles. The van der Waals surface area contributed by atoms with E-state index in [1.165, 1.54) is 7.11 Å². The van der Waals surface area contributed by atoms with Gasteiger partial charge in [-0.3, -0.25) is 0 Å². The van der Waals surface area contributed by atoms with Crippen molar-refractivity contribution in [3.63, 3.8) is 0 Å². The number of hydrogen-bond acceptors (Lipinski definition) is 3. The van der Waals surface area contributed by atoms with Crippen molar-refractivity contribution in [2.24, 2.45) is 0 Å². The van der Waals surface area contributed by atoms with E-state index in [1.807, 2.05) is 24.5 Å². The van der Waals surface area contributed by atoms with Crippen LogP contribution >= 0.6 is 0 Å². The number of benzene rings is 1. The summed E-state index contributed by atoms with van der Waals surface area (Å²) in [5.74, 6) is -0.380. The third-order valence-corrected chi connectivity index (χ3v) is 2.92. The quantitative estimate of drug-likeness (QED) is 0.761. The van der Waals surface area contributed by atoms with E-state index in [1.54, 1.807) is 18.3 Å². The molecule has 0 bridgehead atoms. The molecule has 0 aliphatic rings. The van der Waals surface area contributed by atoms with Gasteiger partial charge in [-0.2, -0.15) is 5.26 Å². The van der Waals surface area contributed by atoms with Crippen molar-refractivity contribution >= 4 is 16.9 Å². The molecule has 2 rings (SSSR count). The fourth-order valence-corrected chi connectivity index (χ4v) is 2.02. The Kier molecular flexibility index (Phi) is 3.07. The van der Waals surface area contributed by atoms with Gasteiger partial charge in [0.15, 0.2) is 0 Å². The number of nitrogens with zero attached hydrogens (tertiary/aromatic N) is 2. The van der Waals surface area contributed by atoms with Crippen LogP contribution in [0.1, 0.15) is 35.8 Å². The summed E-state index contributed by atoms with van der Waals surface area (Å²) in [6.07, 6.45) is 1.78. The van der Waals surface area contributed by atoms with Gasteiger partial charge in [0.1, 0.15) is 0 Å². The van der Waals surface area contributed by atoms with Crippen molar-refractivity contribution in [3.05, 3.63) is 35.5 Å². The molecule has 2 aromatic rings. The minimum absolute atomic E-state index is 0.235. The lowest BCUT2D eigenvalue weighted by Crippen LogP contribution is -2.01. The average Bonchev–Trinajstić information content (AvgIpc) is 2.76. The van der Waals surface area contributed by atoms with Gasteiger partial charge in [0.25, 0.3) is 0 Å². The number of rotatable bonds is 2. The molecule has 4 heteroatoms. The van der Waals surface area contributed by atoms with Crippen LogP contribution in [-0.2, 0) is 4.74 Å². The third kappa shape index (κ3) is 1.84. The largest absolute Gasteiger partial charge is 0.465 e. The van der Waals surface area contributed by atoms with Crippen molar-refractivity contribution in [1.29, 1.82) is 5.26 Å². The second kappa shape index (κ2) is 4.53. The van der Waals surface area contributed by atoms with Gasteiger partial charge in [-0.1, -0.05) is 0 Å². The molecular formula is C14H14N2O2. The molecule has 1 heterocycles. The summed E-state index contributed by atoms with van der Waals surface area (Å²) in [6.45, 7) is 4.08. The highest BCUT2D eigenvalue weighted by molar-refractivity contribution is 6.04. The number of ether oxygens (including phenoxy) is 1. The Hall–Kier alpha value is -2.28. The van der Waals surface area contributed by atoms with Crippen LogP contribution in [0.2, 0.25) is 0 Å². The van der Waals surface area contributed by atoms with E-state index in [0.717, 1.165) is 10.9 Å². The van der Waals surface area contributed by atoms with Crippen LogP contribution in [0.4, 0.5) is 0 Å². The topological polar surface area (TPSA) is 55.0 Å². The summed E-state index contributed by atoms with van der Waals surface area (Å²) in [5, 5.41) is 9.69. The Morgan fingerprint density at radius 2 is 2.17 bits per heavy atom. The molecule has 92 valence electrons. The Morgan fingerprint density at radius 1 is 1.44 bits per heavy atom. The molecular weight excluding hydrogens is 228 g/mol. The van der Waals surface area contributed by atoms with Gasteiger partial charge in [0, 0.05) is 23.1 Å². The lowest BCUT2D eigenvalue weighted by molar-refractivity contribution is 0.0602. The zero-order valence-corrected chi connectivity index (χ0v) is 10.6. The first-order chi connectivity index (χ1) is 8.58. The van der Waals surface area contributed by atoms with Gasteiger partial charge in [0.2, 0.25) is 0 Å². The lowest BCUT2D eigenvalue weighted by atomic mass is 10.1. The molecule has 0 amide bonds. The number of hydrogen-bond donors (Lipinski definition) is 0. The van der Waals surface area contributed by atoms with Crippen LogP contribution in [0.15, 0.2) is 24.4 Å².